The Labute approximate surface area is 156 Å². The van der Waals surface area contributed by atoms with Crippen LogP contribution in [0.25, 0.3) is 0 Å². The van der Waals surface area contributed by atoms with E-state index in [4.69, 9.17) is 9.15 Å². The number of nitrogens with zero attached hydrogens (tertiary/aromatic N) is 3. The highest BCUT2D eigenvalue weighted by Gasteiger charge is 2.45. The number of ether oxygens (including phenoxy) is 1. The Morgan fingerprint density at radius 2 is 2.12 bits per heavy atom. The second kappa shape index (κ2) is 7.91. The predicted octanol–water partition coefficient (Wildman–Crippen LogP) is 3.18. The minimum Gasteiger partial charge on any atom is -0.472 e. The summed E-state index contributed by atoms with van der Waals surface area (Å²) in [4.78, 5) is 9.68. The van der Waals surface area contributed by atoms with Gasteiger partial charge in [0.25, 0.3) is 0 Å². The first-order valence-corrected chi connectivity index (χ1v) is 9.63. The SMILES string of the molecule is COC[C@H]1CC2(CCN(Cc3ccoc3)CC2)CN1Cc1ccccn1. The molecule has 0 aromatic carbocycles. The summed E-state index contributed by atoms with van der Waals surface area (Å²) in [7, 11) is 1.82. The molecule has 4 heterocycles. The third kappa shape index (κ3) is 4.00. The number of hydrogen-bond acceptors (Lipinski definition) is 5. The molecule has 5 nitrogen and oxygen atoms in total. The van der Waals surface area contributed by atoms with Crippen LogP contribution in [0, 0.1) is 5.41 Å². The molecule has 2 fully saturated rings. The molecule has 2 aliphatic heterocycles. The van der Waals surface area contributed by atoms with Crippen molar-refractivity contribution in [1.29, 1.82) is 0 Å². The number of methoxy groups -OCH3 is 1. The molecule has 2 aliphatic rings. The fraction of sp³-hybridized carbons (Fsp3) is 0.571. The average Bonchev–Trinajstić information content (AvgIpc) is 3.27. The van der Waals surface area contributed by atoms with E-state index in [9.17, 15) is 0 Å². The lowest BCUT2D eigenvalue weighted by Gasteiger charge is -2.39. The van der Waals surface area contributed by atoms with Crippen LogP contribution in [0.2, 0.25) is 0 Å². The van der Waals surface area contributed by atoms with Crippen LogP contribution in [-0.2, 0) is 17.8 Å². The van der Waals surface area contributed by atoms with Crippen LogP contribution in [0.4, 0.5) is 0 Å². The molecule has 1 spiro atoms. The predicted molar refractivity (Wildman–Crippen MR) is 101 cm³/mol. The number of hydrogen-bond donors (Lipinski definition) is 0. The summed E-state index contributed by atoms with van der Waals surface area (Å²) in [5.41, 5.74) is 2.87. The van der Waals surface area contributed by atoms with Gasteiger partial charge in [0, 0.05) is 44.5 Å². The molecule has 5 heteroatoms. The molecule has 2 aromatic rings. The number of aromatic nitrogens is 1. The zero-order chi connectivity index (χ0) is 17.8. The highest BCUT2D eigenvalue weighted by molar-refractivity contribution is 5.08. The summed E-state index contributed by atoms with van der Waals surface area (Å²) in [5.74, 6) is 0. The van der Waals surface area contributed by atoms with Crippen LogP contribution in [-0.4, -0.2) is 54.2 Å². The van der Waals surface area contributed by atoms with Gasteiger partial charge in [-0.05, 0) is 56.0 Å². The highest BCUT2D eigenvalue weighted by Crippen LogP contribution is 2.44. The molecule has 0 saturated carbocycles. The van der Waals surface area contributed by atoms with Gasteiger partial charge < -0.3 is 9.15 Å². The highest BCUT2D eigenvalue weighted by atomic mass is 16.5. The standard InChI is InChI=1S/C21H29N3O2/c1-25-16-20-12-21(17-24(20)14-19-4-2-3-8-22-19)6-9-23(10-7-21)13-18-5-11-26-15-18/h2-5,8,11,15,20H,6-7,9-10,12-14,16-17H2,1H3/t20-/m1/s1. The lowest BCUT2D eigenvalue weighted by molar-refractivity contribution is 0.101. The third-order valence-corrected chi connectivity index (χ3v) is 6.08. The van der Waals surface area contributed by atoms with E-state index in [2.05, 4.69) is 33.0 Å². The van der Waals surface area contributed by atoms with Gasteiger partial charge in [0.1, 0.15) is 0 Å². The molecular formula is C21H29N3O2. The fourth-order valence-electron chi connectivity index (χ4n) is 4.68. The largest absolute Gasteiger partial charge is 0.472 e. The molecule has 0 bridgehead atoms. The molecule has 0 unspecified atom stereocenters. The summed E-state index contributed by atoms with van der Waals surface area (Å²) in [6, 6.07) is 8.76. The zero-order valence-corrected chi connectivity index (χ0v) is 15.6. The van der Waals surface area contributed by atoms with Crippen LogP contribution in [0.3, 0.4) is 0 Å². The van der Waals surface area contributed by atoms with Crippen LogP contribution < -0.4 is 0 Å². The summed E-state index contributed by atoms with van der Waals surface area (Å²) in [5, 5.41) is 0. The van der Waals surface area contributed by atoms with E-state index in [1.54, 1.807) is 6.26 Å². The molecule has 26 heavy (non-hydrogen) atoms. The van der Waals surface area contributed by atoms with Crippen molar-refractivity contribution in [1.82, 2.24) is 14.8 Å². The minimum atomic E-state index is 0.435. The van der Waals surface area contributed by atoms with Gasteiger partial charge >= 0.3 is 0 Å². The van der Waals surface area contributed by atoms with Gasteiger partial charge in [0.05, 0.1) is 24.8 Å². The molecular weight excluding hydrogens is 326 g/mol. The van der Waals surface area contributed by atoms with E-state index in [1.807, 2.05) is 25.6 Å². The molecule has 1 atom stereocenters. The Morgan fingerprint density at radius 3 is 2.81 bits per heavy atom. The second-order valence-corrected chi connectivity index (χ2v) is 7.95. The lowest BCUT2D eigenvalue weighted by atomic mass is 9.76. The van der Waals surface area contributed by atoms with E-state index < -0.39 is 0 Å². The fourth-order valence-corrected chi connectivity index (χ4v) is 4.68. The minimum absolute atomic E-state index is 0.435. The van der Waals surface area contributed by atoms with Gasteiger partial charge in [0.2, 0.25) is 0 Å². The van der Waals surface area contributed by atoms with Gasteiger partial charge in [-0.25, -0.2) is 0 Å². The monoisotopic (exact) mass is 355 g/mol. The summed E-state index contributed by atoms with van der Waals surface area (Å²) in [6.07, 6.45) is 9.30. The molecule has 0 amide bonds. The van der Waals surface area contributed by atoms with E-state index in [-0.39, 0.29) is 0 Å². The van der Waals surface area contributed by atoms with E-state index >= 15 is 0 Å². The Hall–Kier alpha value is -1.69. The third-order valence-electron chi connectivity index (χ3n) is 6.08. The van der Waals surface area contributed by atoms with E-state index in [0.717, 1.165) is 31.9 Å². The maximum atomic E-state index is 5.54. The molecule has 2 aromatic heterocycles. The van der Waals surface area contributed by atoms with Gasteiger partial charge in [-0.3, -0.25) is 14.8 Å². The van der Waals surface area contributed by atoms with Crippen molar-refractivity contribution in [3.8, 4) is 0 Å². The number of furan rings is 1. The van der Waals surface area contributed by atoms with Crippen LogP contribution in [0.1, 0.15) is 30.5 Å². The lowest BCUT2D eigenvalue weighted by Crippen LogP contribution is -2.41. The topological polar surface area (TPSA) is 41.7 Å². The summed E-state index contributed by atoms with van der Waals surface area (Å²) >= 11 is 0. The number of rotatable bonds is 6. The zero-order valence-electron chi connectivity index (χ0n) is 15.6. The number of piperidine rings is 1. The average molecular weight is 355 g/mol. The summed E-state index contributed by atoms with van der Waals surface area (Å²) in [6.45, 7) is 6.25. The van der Waals surface area contributed by atoms with Gasteiger partial charge in [0.15, 0.2) is 0 Å². The van der Waals surface area contributed by atoms with Crippen LogP contribution >= 0.6 is 0 Å². The van der Waals surface area contributed by atoms with Crippen LogP contribution in [0.5, 0.6) is 0 Å². The first kappa shape index (κ1) is 17.7. The Morgan fingerprint density at radius 1 is 1.23 bits per heavy atom. The first-order valence-electron chi connectivity index (χ1n) is 9.63. The summed E-state index contributed by atoms with van der Waals surface area (Å²) < 4.78 is 10.7. The maximum absolute atomic E-state index is 5.54. The number of pyridine rings is 1. The molecule has 0 aliphatic carbocycles. The van der Waals surface area contributed by atoms with Gasteiger partial charge in [-0.2, -0.15) is 0 Å². The Bertz CT molecular complexity index is 666. The van der Waals surface area contributed by atoms with Crippen molar-refractivity contribution in [3.05, 3.63) is 54.2 Å². The normalized spacial score (nSPS) is 23.7. The Balaban J connectivity index is 1.38. The van der Waals surface area contributed by atoms with Gasteiger partial charge in [-0.15, -0.1) is 0 Å². The molecule has 140 valence electrons. The van der Waals surface area contributed by atoms with E-state index in [1.165, 1.54) is 37.9 Å². The second-order valence-electron chi connectivity index (χ2n) is 7.95. The van der Waals surface area contributed by atoms with Gasteiger partial charge in [-0.1, -0.05) is 6.07 Å². The quantitative estimate of drug-likeness (QED) is 0.796. The van der Waals surface area contributed by atoms with Crippen molar-refractivity contribution < 1.29 is 9.15 Å². The van der Waals surface area contributed by atoms with E-state index in [0.29, 0.717) is 11.5 Å². The van der Waals surface area contributed by atoms with Crippen molar-refractivity contribution in [2.45, 2.75) is 38.4 Å². The molecule has 4 rings (SSSR count). The Kier molecular flexibility index (Phi) is 5.38. The first-order chi connectivity index (χ1) is 12.8. The molecule has 2 saturated heterocycles. The maximum Gasteiger partial charge on any atom is 0.0947 e. The van der Waals surface area contributed by atoms with Crippen LogP contribution in [0.15, 0.2) is 47.4 Å². The number of likely N-dealkylation sites (tertiary alicyclic amines) is 2. The van der Waals surface area contributed by atoms with Crippen molar-refractivity contribution in [2.24, 2.45) is 5.41 Å². The smallest absolute Gasteiger partial charge is 0.0947 e. The molecule has 0 N–H and O–H groups in total. The van der Waals surface area contributed by atoms with Crippen molar-refractivity contribution >= 4 is 0 Å². The molecule has 0 radical (unpaired) electrons. The van der Waals surface area contributed by atoms with Crippen molar-refractivity contribution in [3.63, 3.8) is 0 Å². The van der Waals surface area contributed by atoms with Crippen molar-refractivity contribution in [2.75, 3.05) is 33.4 Å².